The van der Waals surface area contributed by atoms with Crippen molar-refractivity contribution in [1.82, 2.24) is 15.2 Å². The van der Waals surface area contributed by atoms with Gasteiger partial charge in [-0.15, -0.1) is 11.3 Å². The van der Waals surface area contributed by atoms with Crippen LogP contribution < -0.4 is 5.32 Å². The van der Waals surface area contributed by atoms with E-state index in [4.69, 9.17) is 4.42 Å². The zero-order chi connectivity index (χ0) is 17.8. The van der Waals surface area contributed by atoms with Crippen molar-refractivity contribution >= 4 is 40.1 Å². The summed E-state index contributed by atoms with van der Waals surface area (Å²) in [5.74, 6) is 0.322. The van der Waals surface area contributed by atoms with Gasteiger partial charge in [0, 0.05) is 11.4 Å². The highest BCUT2D eigenvalue weighted by Crippen LogP contribution is 2.28. The van der Waals surface area contributed by atoms with Crippen LogP contribution in [0.1, 0.15) is 23.8 Å². The molecule has 0 spiro atoms. The van der Waals surface area contributed by atoms with Crippen molar-refractivity contribution in [2.45, 2.75) is 24.1 Å². The van der Waals surface area contributed by atoms with Crippen molar-refractivity contribution in [1.29, 1.82) is 0 Å². The lowest BCUT2D eigenvalue weighted by Gasteiger charge is -2.26. The molecule has 136 valence electrons. The molecule has 0 saturated carbocycles. The number of hydrogen-bond acceptors (Lipinski definition) is 6. The SMILES string of the molecule is O=C(CSc1nc2ccccc2o1)NCC(c1cccs1)N1CCCC1. The Morgan fingerprint density at radius 1 is 1.27 bits per heavy atom. The molecule has 5 nitrogen and oxygen atoms in total. The van der Waals surface area contributed by atoms with E-state index >= 15 is 0 Å². The van der Waals surface area contributed by atoms with Gasteiger partial charge in [-0.25, -0.2) is 4.98 Å². The van der Waals surface area contributed by atoms with Crippen LogP contribution >= 0.6 is 23.1 Å². The molecule has 1 N–H and O–H groups in total. The van der Waals surface area contributed by atoms with Crippen LogP contribution in [0, 0.1) is 0 Å². The number of nitrogens with zero attached hydrogens (tertiary/aromatic N) is 2. The van der Waals surface area contributed by atoms with Crippen LogP contribution in [0.15, 0.2) is 51.4 Å². The Labute approximate surface area is 160 Å². The van der Waals surface area contributed by atoms with Gasteiger partial charge >= 0.3 is 0 Å². The van der Waals surface area contributed by atoms with Gasteiger partial charge in [0.15, 0.2) is 5.58 Å². The molecule has 26 heavy (non-hydrogen) atoms. The fourth-order valence-corrected chi connectivity index (χ4v) is 4.77. The number of amides is 1. The van der Waals surface area contributed by atoms with E-state index in [0.29, 0.717) is 17.5 Å². The molecule has 0 radical (unpaired) electrons. The number of rotatable bonds is 7. The molecule has 3 heterocycles. The van der Waals surface area contributed by atoms with E-state index in [0.717, 1.165) is 24.2 Å². The van der Waals surface area contributed by atoms with Crippen molar-refractivity contribution < 1.29 is 9.21 Å². The third-order valence-electron chi connectivity index (χ3n) is 4.55. The second kappa shape index (κ2) is 8.24. The van der Waals surface area contributed by atoms with Crippen molar-refractivity contribution in [3.8, 4) is 0 Å². The van der Waals surface area contributed by atoms with E-state index in [9.17, 15) is 4.79 Å². The number of hydrogen-bond donors (Lipinski definition) is 1. The normalized spacial score (nSPS) is 16.2. The standard InChI is InChI=1S/C19H21N3O2S2/c23-18(13-26-19-21-14-6-1-2-7-16(14)24-19)20-12-15(17-8-5-11-25-17)22-9-3-4-10-22/h1-2,5-8,11,15H,3-4,9-10,12-13H2,(H,20,23). The topological polar surface area (TPSA) is 58.4 Å². The summed E-state index contributed by atoms with van der Waals surface area (Å²) >= 11 is 3.09. The number of thiophene rings is 1. The average Bonchev–Trinajstić information content (AvgIpc) is 3.40. The van der Waals surface area contributed by atoms with Gasteiger partial charge < -0.3 is 9.73 Å². The van der Waals surface area contributed by atoms with Gasteiger partial charge in [-0.3, -0.25) is 9.69 Å². The van der Waals surface area contributed by atoms with Crippen LogP contribution in [0.25, 0.3) is 11.1 Å². The first kappa shape index (κ1) is 17.6. The summed E-state index contributed by atoms with van der Waals surface area (Å²) < 4.78 is 5.65. The fraction of sp³-hybridized carbons (Fsp3) is 0.368. The number of aromatic nitrogens is 1. The molecule has 1 aromatic carbocycles. The Hall–Kier alpha value is -1.83. The molecule has 0 aliphatic carbocycles. The number of nitrogens with one attached hydrogen (secondary N) is 1. The molecule has 4 rings (SSSR count). The highest BCUT2D eigenvalue weighted by Gasteiger charge is 2.24. The quantitative estimate of drug-likeness (QED) is 0.623. The van der Waals surface area contributed by atoms with E-state index in [1.54, 1.807) is 11.3 Å². The van der Waals surface area contributed by atoms with E-state index < -0.39 is 0 Å². The van der Waals surface area contributed by atoms with Gasteiger partial charge in [0.25, 0.3) is 5.22 Å². The molecule has 7 heteroatoms. The summed E-state index contributed by atoms with van der Waals surface area (Å²) in [6.45, 7) is 2.86. The maximum Gasteiger partial charge on any atom is 0.257 e. The van der Waals surface area contributed by atoms with Crippen LogP contribution in [0.2, 0.25) is 0 Å². The molecular formula is C19H21N3O2S2. The van der Waals surface area contributed by atoms with Gasteiger partial charge in [0.2, 0.25) is 5.91 Å². The lowest BCUT2D eigenvalue weighted by Crippen LogP contribution is -2.37. The highest BCUT2D eigenvalue weighted by molar-refractivity contribution is 7.99. The summed E-state index contributed by atoms with van der Waals surface area (Å²) in [7, 11) is 0. The maximum atomic E-state index is 12.3. The zero-order valence-electron chi connectivity index (χ0n) is 14.4. The van der Waals surface area contributed by atoms with Crippen molar-refractivity contribution in [2.24, 2.45) is 0 Å². The average molecular weight is 388 g/mol. The number of oxazole rings is 1. The summed E-state index contributed by atoms with van der Waals surface area (Å²) in [5.41, 5.74) is 1.57. The third kappa shape index (κ3) is 4.11. The summed E-state index contributed by atoms with van der Waals surface area (Å²) in [6.07, 6.45) is 2.48. The minimum Gasteiger partial charge on any atom is -0.431 e. The van der Waals surface area contributed by atoms with E-state index in [2.05, 4.69) is 32.7 Å². The lowest BCUT2D eigenvalue weighted by molar-refractivity contribution is -0.118. The van der Waals surface area contributed by atoms with Gasteiger partial charge in [-0.1, -0.05) is 30.0 Å². The summed E-state index contributed by atoms with van der Waals surface area (Å²) in [6, 6.07) is 12.1. The van der Waals surface area contributed by atoms with E-state index in [1.807, 2.05) is 24.3 Å². The molecule has 1 saturated heterocycles. The number of para-hydroxylation sites is 2. The third-order valence-corrected chi connectivity index (χ3v) is 6.35. The van der Waals surface area contributed by atoms with E-state index in [1.165, 1.54) is 29.5 Å². The Bertz CT molecular complexity index is 824. The van der Waals surface area contributed by atoms with Gasteiger partial charge in [-0.05, 0) is 49.5 Å². The van der Waals surface area contributed by atoms with Crippen LogP contribution in [0.4, 0.5) is 0 Å². The second-order valence-electron chi connectivity index (χ2n) is 6.31. The molecule has 2 aromatic heterocycles. The predicted octanol–water partition coefficient (Wildman–Crippen LogP) is 3.93. The molecule has 1 atom stereocenters. The van der Waals surface area contributed by atoms with Crippen molar-refractivity contribution in [2.75, 3.05) is 25.4 Å². The molecule has 0 bridgehead atoms. The predicted molar refractivity (Wildman–Crippen MR) is 106 cm³/mol. The molecule has 1 unspecified atom stereocenters. The van der Waals surface area contributed by atoms with Gasteiger partial charge in [-0.2, -0.15) is 0 Å². The molecule has 3 aromatic rings. The monoisotopic (exact) mass is 387 g/mol. The number of carbonyl (C=O) groups excluding carboxylic acids is 1. The maximum absolute atomic E-state index is 12.3. The Kier molecular flexibility index (Phi) is 5.57. The minimum absolute atomic E-state index is 0.0120. The van der Waals surface area contributed by atoms with Crippen molar-refractivity contribution in [3.05, 3.63) is 46.7 Å². The van der Waals surface area contributed by atoms with Crippen LogP contribution in [0.3, 0.4) is 0 Å². The molecule has 1 amide bonds. The number of thioether (sulfide) groups is 1. The molecular weight excluding hydrogens is 366 g/mol. The lowest BCUT2D eigenvalue weighted by atomic mass is 10.2. The van der Waals surface area contributed by atoms with Gasteiger partial charge in [0.1, 0.15) is 5.52 Å². The minimum atomic E-state index is 0.0120. The Morgan fingerprint density at radius 2 is 2.12 bits per heavy atom. The first-order valence-corrected chi connectivity index (χ1v) is 10.7. The number of likely N-dealkylation sites (tertiary alicyclic amines) is 1. The number of benzene rings is 1. The zero-order valence-corrected chi connectivity index (χ0v) is 16.0. The second-order valence-corrected chi connectivity index (χ2v) is 8.22. The smallest absolute Gasteiger partial charge is 0.257 e. The highest BCUT2D eigenvalue weighted by atomic mass is 32.2. The van der Waals surface area contributed by atoms with Gasteiger partial charge in [0.05, 0.1) is 11.8 Å². The molecule has 1 fully saturated rings. The van der Waals surface area contributed by atoms with Crippen LogP contribution in [0.5, 0.6) is 0 Å². The van der Waals surface area contributed by atoms with Crippen LogP contribution in [-0.2, 0) is 4.79 Å². The largest absolute Gasteiger partial charge is 0.431 e. The number of fused-ring (bicyclic) bond motifs is 1. The van der Waals surface area contributed by atoms with Crippen LogP contribution in [-0.4, -0.2) is 41.2 Å². The Morgan fingerprint density at radius 3 is 2.88 bits per heavy atom. The van der Waals surface area contributed by atoms with Crippen molar-refractivity contribution in [3.63, 3.8) is 0 Å². The summed E-state index contributed by atoms with van der Waals surface area (Å²) in [5, 5.41) is 5.73. The first-order chi connectivity index (χ1) is 12.8. The first-order valence-electron chi connectivity index (χ1n) is 8.82. The molecule has 1 aliphatic rings. The summed E-state index contributed by atoms with van der Waals surface area (Å²) in [4.78, 5) is 20.5. The Balaban J connectivity index is 1.32. The fourth-order valence-electron chi connectivity index (χ4n) is 3.25. The number of carbonyl (C=O) groups is 1. The molecule has 1 aliphatic heterocycles. The van der Waals surface area contributed by atoms with E-state index in [-0.39, 0.29) is 11.9 Å².